The van der Waals surface area contributed by atoms with Gasteiger partial charge in [0.25, 0.3) is 0 Å². The normalized spacial score (nSPS) is 18.8. The molecule has 2 N–H and O–H groups in total. The van der Waals surface area contributed by atoms with E-state index in [1.807, 2.05) is 26.8 Å². The lowest BCUT2D eigenvalue weighted by Gasteiger charge is -2.45. The molecule has 0 aliphatic carbocycles. The Hall–Kier alpha value is -1.47. The zero-order valence-corrected chi connectivity index (χ0v) is 18.8. The molecule has 1 atom stereocenters. The number of nitrogens with two attached hydrogens (primary N) is 1. The highest BCUT2D eigenvalue weighted by molar-refractivity contribution is 8.29. The maximum absolute atomic E-state index is 12.6. The van der Waals surface area contributed by atoms with Crippen LogP contribution in [-0.4, -0.2) is 52.0 Å². The zero-order valence-electron chi connectivity index (χ0n) is 18.0. The Morgan fingerprint density at radius 1 is 1.30 bits per heavy atom. The van der Waals surface area contributed by atoms with Gasteiger partial charge in [0, 0.05) is 17.2 Å². The third kappa shape index (κ3) is 5.51. The van der Waals surface area contributed by atoms with Gasteiger partial charge in [-0.2, -0.15) is 0 Å². The summed E-state index contributed by atoms with van der Waals surface area (Å²) in [5.74, 6) is -0.00371. The third-order valence-electron chi connectivity index (χ3n) is 4.90. The molecule has 1 aliphatic heterocycles. The monoisotopic (exact) mass is 397 g/mol. The Morgan fingerprint density at radius 3 is 2.48 bits per heavy atom. The van der Waals surface area contributed by atoms with E-state index in [1.54, 1.807) is 11.1 Å². The zero-order chi connectivity index (χ0) is 20.6. The lowest BCUT2D eigenvalue weighted by atomic mass is 9.95. The number of pyridine rings is 1. The molecule has 6 nitrogen and oxygen atoms in total. The minimum absolute atomic E-state index is 0.00371. The van der Waals surface area contributed by atoms with E-state index < -0.39 is 15.9 Å². The van der Waals surface area contributed by atoms with Gasteiger partial charge in [0.15, 0.2) is 0 Å². The maximum Gasteiger partial charge on any atom is 0.410 e. The molecule has 0 saturated carbocycles. The van der Waals surface area contributed by atoms with E-state index in [1.165, 1.54) is 0 Å². The molecule has 1 aromatic rings. The highest BCUT2D eigenvalue weighted by Crippen LogP contribution is 2.54. The third-order valence-corrected chi connectivity index (χ3v) is 8.58. The first-order chi connectivity index (χ1) is 12.2. The van der Waals surface area contributed by atoms with Crippen LogP contribution in [0.4, 0.5) is 10.5 Å². The van der Waals surface area contributed by atoms with Gasteiger partial charge < -0.3 is 19.6 Å². The number of fused-ring (bicyclic) bond motifs is 1. The summed E-state index contributed by atoms with van der Waals surface area (Å²) in [6.07, 6.45) is 5.72. The van der Waals surface area contributed by atoms with Crippen LogP contribution in [0, 0.1) is 0 Å². The number of carbonyl (C=O) groups excluding carboxylic acids is 1. The molecule has 0 bridgehead atoms. The van der Waals surface area contributed by atoms with Crippen molar-refractivity contribution < 1.29 is 13.7 Å². The Kier molecular flexibility index (Phi) is 6.07. The predicted octanol–water partition coefficient (Wildman–Crippen LogP) is 4.29. The molecule has 1 unspecified atom stereocenters. The molecular weight excluding hydrogens is 362 g/mol. The van der Waals surface area contributed by atoms with E-state index in [0.717, 1.165) is 11.3 Å². The average molecular weight is 398 g/mol. The molecule has 154 valence electrons. The van der Waals surface area contributed by atoms with Crippen molar-refractivity contribution in [2.45, 2.75) is 64.4 Å². The van der Waals surface area contributed by atoms with E-state index in [4.69, 9.17) is 14.7 Å². The number of amides is 1. The highest BCUT2D eigenvalue weighted by atomic mass is 32.3. The molecule has 0 fully saturated rings. The van der Waals surface area contributed by atoms with Gasteiger partial charge in [-0.1, -0.05) is 20.8 Å². The molecule has 1 aliphatic rings. The standard InChI is InChI=1S/C20H35N3O3S/c1-19(2,3)26-18(24)23-11-14-9-16(21)10-22-17(14)15(12-23)13-25-27(7,8)20(4,5)6/h9-10,15H,11-13,21H2,1-8H3. The largest absolute Gasteiger partial charge is 0.444 e. The summed E-state index contributed by atoms with van der Waals surface area (Å²) >= 11 is 0. The number of rotatable bonds is 3. The van der Waals surface area contributed by atoms with Crippen LogP contribution in [0.25, 0.3) is 0 Å². The fourth-order valence-electron chi connectivity index (χ4n) is 2.68. The van der Waals surface area contributed by atoms with E-state index in [2.05, 4.69) is 38.3 Å². The van der Waals surface area contributed by atoms with Crippen molar-refractivity contribution in [1.82, 2.24) is 9.88 Å². The van der Waals surface area contributed by atoms with Crippen molar-refractivity contribution in [1.29, 1.82) is 0 Å². The molecule has 1 aromatic heterocycles. The fraction of sp³-hybridized carbons (Fsp3) is 0.700. The van der Waals surface area contributed by atoms with Gasteiger partial charge >= 0.3 is 6.09 Å². The Bertz CT molecular complexity index is 693. The van der Waals surface area contributed by atoms with Crippen molar-refractivity contribution >= 4 is 22.1 Å². The first-order valence-corrected chi connectivity index (χ1v) is 11.7. The summed E-state index contributed by atoms with van der Waals surface area (Å²) in [5.41, 5.74) is 7.92. The van der Waals surface area contributed by atoms with Crippen molar-refractivity contribution in [3.8, 4) is 0 Å². The van der Waals surface area contributed by atoms with Crippen molar-refractivity contribution in [3.05, 3.63) is 23.5 Å². The van der Waals surface area contributed by atoms with Crippen LogP contribution in [0.2, 0.25) is 0 Å². The van der Waals surface area contributed by atoms with Gasteiger partial charge in [-0.05, 0) is 44.9 Å². The SMILES string of the molecule is CC(C)(C)OC(=O)N1Cc2cc(N)cnc2C(COS(C)(C)C(C)(C)C)C1. The quantitative estimate of drug-likeness (QED) is 0.823. The minimum Gasteiger partial charge on any atom is -0.444 e. The number of carbonyl (C=O) groups is 1. The molecule has 0 radical (unpaired) electrons. The first kappa shape index (κ1) is 21.8. The fourth-order valence-corrected chi connectivity index (χ4v) is 3.54. The summed E-state index contributed by atoms with van der Waals surface area (Å²) in [6.45, 7) is 13.7. The summed E-state index contributed by atoms with van der Waals surface area (Å²) in [6, 6.07) is 1.90. The number of nitrogens with zero attached hydrogens (tertiary/aromatic N) is 2. The van der Waals surface area contributed by atoms with Gasteiger partial charge in [-0.25, -0.2) is 4.79 Å². The molecule has 0 spiro atoms. The van der Waals surface area contributed by atoms with E-state index >= 15 is 0 Å². The topological polar surface area (TPSA) is 77.7 Å². The van der Waals surface area contributed by atoms with Gasteiger partial charge in [-0.15, -0.1) is 10.3 Å². The summed E-state index contributed by atoms with van der Waals surface area (Å²) < 4.78 is 12.0. The van der Waals surface area contributed by atoms with Gasteiger partial charge in [0.1, 0.15) is 5.60 Å². The Labute approximate surface area is 165 Å². The first-order valence-electron chi connectivity index (χ1n) is 9.29. The Morgan fingerprint density at radius 2 is 1.93 bits per heavy atom. The maximum atomic E-state index is 12.6. The molecular formula is C20H35N3O3S. The number of hydrogen-bond acceptors (Lipinski definition) is 5. The number of ether oxygens (including phenoxy) is 1. The second-order valence-corrected chi connectivity index (χ2v) is 13.4. The lowest BCUT2D eigenvalue weighted by molar-refractivity contribution is 0.0193. The number of nitrogen functional groups attached to an aromatic ring is 1. The van der Waals surface area contributed by atoms with Crippen LogP contribution < -0.4 is 5.73 Å². The smallest absolute Gasteiger partial charge is 0.410 e. The van der Waals surface area contributed by atoms with Gasteiger partial charge in [0.2, 0.25) is 0 Å². The van der Waals surface area contributed by atoms with Gasteiger partial charge in [0.05, 0.1) is 30.7 Å². The molecule has 2 rings (SSSR count). The van der Waals surface area contributed by atoms with E-state index in [9.17, 15) is 4.79 Å². The Balaban J connectivity index is 2.24. The van der Waals surface area contributed by atoms with Crippen LogP contribution in [0.15, 0.2) is 12.3 Å². The van der Waals surface area contributed by atoms with Crippen LogP contribution in [0.1, 0.15) is 58.7 Å². The van der Waals surface area contributed by atoms with Crippen LogP contribution in [0.5, 0.6) is 0 Å². The highest BCUT2D eigenvalue weighted by Gasteiger charge is 2.35. The van der Waals surface area contributed by atoms with Crippen LogP contribution in [0.3, 0.4) is 0 Å². The minimum atomic E-state index is -1.26. The molecule has 27 heavy (non-hydrogen) atoms. The van der Waals surface area contributed by atoms with Crippen molar-refractivity contribution in [3.63, 3.8) is 0 Å². The number of aromatic nitrogens is 1. The average Bonchev–Trinajstić information content (AvgIpc) is 2.49. The lowest BCUT2D eigenvalue weighted by Crippen LogP contribution is -2.43. The predicted molar refractivity (Wildman–Crippen MR) is 113 cm³/mol. The van der Waals surface area contributed by atoms with Crippen LogP contribution >= 0.6 is 10.3 Å². The number of hydrogen-bond donors (Lipinski definition) is 1. The van der Waals surface area contributed by atoms with Crippen LogP contribution in [-0.2, 0) is 15.5 Å². The van der Waals surface area contributed by atoms with Crippen molar-refractivity contribution in [2.24, 2.45) is 0 Å². The molecule has 2 heterocycles. The van der Waals surface area contributed by atoms with Crippen molar-refractivity contribution in [2.75, 3.05) is 31.4 Å². The molecule has 0 saturated heterocycles. The summed E-state index contributed by atoms with van der Waals surface area (Å²) in [5, 5.41) is 0. The summed E-state index contributed by atoms with van der Waals surface area (Å²) in [7, 11) is -1.26. The second-order valence-electron chi connectivity index (χ2n) is 9.50. The molecule has 1 amide bonds. The van der Waals surface area contributed by atoms with Gasteiger partial charge in [-0.3, -0.25) is 4.98 Å². The summed E-state index contributed by atoms with van der Waals surface area (Å²) in [4.78, 5) is 18.9. The number of anilines is 1. The van der Waals surface area contributed by atoms with E-state index in [0.29, 0.717) is 25.4 Å². The second kappa shape index (κ2) is 7.51. The molecule has 0 aromatic carbocycles. The molecule has 7 heteroatoms. The van der Waals surface area contributed by atoms with E-state index in [-0.39, 0.29) is 16.8 Å².